The van der Waals surface area contributed by atoms with E-state index in [0.29, 0.717) is 11.5 Å². The molecule has 0 radical (unpaired) electrons. The van der Waals surface area contributed by atoms with E-state index in [2.05, 4.69) is 12.2 Å². The first-order chi connectivity index (χ1) is 6.72. The molecular formula is C11H22ClNO. The Balaban J connectivity index is 2.02. The van der Waals surface area contributed by atoms with Crippen LogP contribution < -0.4 is 5.32 Å². The molecular weight excluding hydrogens is 198 g/mol. The van der Waals surface area contributed by atoms with Gasteiger partial charge in [0, 0.05) is 19.0 Å². The van der Waals surface area contributed by atoms with Crippen LogP contribution in [0.1, 0.15) is 32.6 Å². The van der Waals surface area contributed by atoms with Gasteiger partial charge in [0.2, 0.25) is 0 Å². The average molecular weight is 220 g/mol. The van der Waals surface area contributed by atoms with Gasteiger partial charge < -0.3 is 10.1 Å². The van der Waals surface area contributed by atoms with Crippen molar-refractivity contribution in [2.45, 2.75) is 44.1 Å². The SMILES string of the molecule is COC(C)CNCC1CCC(Cl)CC1. The molecule has 1 saturated carbocycles. The van der Waals surface area contributed by atoms with Crippen molar-refractivity contribution in [2.24, 2.45) is 5.92 Å². The minimum Gasteiger partial charge on any atom is -0.380 e. The highest BCUT2D eigenvalue weighted by molar-refractivity contribution is 6.20. The lowest BCUT2D eigenvalue weighted by Gasteiger charge is -2.25. The van der Waals surface area contributed by atoms with E-state index in [1.807, 2.05) is 0 Å². The van der Waals surface area contributed by atoms with E-state index in [1.54, 1.807) is 7.11 Å². The molecule has 84 valence electrons. The van der Waals surface area contributed by atoms with Crippen LogP contribution >= 0.6 is 11.6 Å². The molecule has 0 aromatic carbocycles. The molecule has 1 fully saturated rings. The van der Waals surface area contributed by atoms with Gasteiger partial charge in [-0.3, -0.25) is 0 Å². The Labute approximate surface area is 92.3 Å². The molecule has 1 atom stereocenters. The predicted octanol–water partition coefficient (Wildman–Crippen LogP) is 2.41. The van der Waals surface area contributed by atoms with Crippen molar-refractivity contribution in [3.05, 3.63) is 0 Å². The lowest BCUT2D eigenvalue weighted by atomic mass is 9.89. The van der Waals surface area contributed by atoms with Crippen LogP contribution in [0.2, 0.25) is 0 Å². The quantitative estimate of drug-likeness (QED) is 0.718. The molecule has 0 heterocycles. The first-order valence-corrected chi connectivity index (χ1v) is 6.03. The molecule has 1 rings (SSSR count). The fraction of sp³-hybridized carbons (Fsp3) is 1.00. The largest absolute Gasteiger partial charge is 0.380 e. The van der Waals surface area contributed by atoms with Gasteiger partial charge >= 0.3 is 0 Å². The van der Waals surface area contributed by atoms with Gasteiger partial charge in [0.05, 0.1) is 6.10 Å². The molecule has 14 heavy (non-hydrogen) atoms. The van der Waals surface area contributed by atoms with Crippen molar-refractivity contribution in [2.75, 3.05) is 20.2 Å². The predicted molar refractivity (Wildman–Crippen MR) is 60.9 cm³/mol. The third-order valence-corrected chi connectivity index (χ3v) is 3.48. The number of methoxy groups -OCH3 is 1. The van der Waals surface area contributed by atoms with E-state index in [1.165, 1.54) is 25.7 Å². The molecule has 0 bridgehead atoms. The van der Waals surface area contributed by atoms with Crippen LogP contribution in [0, 0.1) is 5.92 Å². The molecule has 0 amide bonds. The number of nitrogens with one attached hydrogen (secondary N) is 1. The highest BCUT2D eigenvalue weighted by atomic mass is 35.5. The van der Waals surface area contributed by atoms with E-state index in [4.69, 9.17) is 16.3 Å². The molecule has 3 heteroatoms. The summed E-state index contributed by atoms with van der Waals surface area (Å²) in [5.41, 5.74) is 0. The van der Waals surface area contributed by atoms with Crippen LogP contribution in [-0.2, 0) is 4.74 Å². The topological polar surface area (TPSA) is 21.3 Å². The summed E-state index contributed by atoms with van der Waals surface area (Å²) in [5, 5.41) is 3.89. The molecule has 0 aromatic rings. The maximum atomic E-state index is 6.05. The summed E-state index contributed by atoms with van der Waals surface area (Å²) in [5.74, 6) is 0.828. The van der Waals surface area contributed by atoms with Gasteiger partial charge in [0.1, 0.15) is 0 Å². The van der Waals surface area contributed by atoms with Crippen LogP contribution in [0.3, 0.4) is 0 Å². The van der Waals surface area contributed by atoms with Crippen molar-refractivity contribution in [3.63, 3.8) is 0 Å². The van der Waals surface area contributed by atoms with Crippen LogP contribution in [0.4, 0.5) is 0 Å². The zero-order valence-electron chi connectivity index (χ0n) is 9.26. The number of hydrogen-bond acceptors (Lipinski definition) is 2. The minimum atomic E-state index is 0.319. The average Bonchev–Trinajstić information content (AvgIpc) is 2.21. The lowest BCUT2D eigenvalue weighted by Crippen LogP contribution is -2.32. The monoisotopic (exact) mass is 219 g/mol. The van der Waals surface area contributed by atoms with Crippen LogP contribution in [0.5, 0.6) is 0 Å². The van der Waals surface area contributed by atoms with Crippen molar-refractivity contribution in [1.82, 2.24) is 5.32 Å². The standard InChI is InChI=1S/C11H22ClNO/c1-9(14-2)7-13-8-10-3-5-11(12)6-4-10/h9-11,13H,3-8H2,1-2H3. The zero-order valence-corrected chi connectivity index (χ0v) is 10.0. The van der Waals surface area contributed by atoms with Crippen molar-refractivity contribution < 1.29 is 4.74 Å². The summed E-state index contributed by atoms with van der Waals surface area (Å²) < 4.78 is 5.17. The van der Waals surface area contributed by atoms with E-state index >= 15 is 0 Å². The molecule has 0 aromatic heterocycles. The van der Waals surface area contributed by atoms with Crippen LogP contribution in [0.25, 0.3) is 0 Å². The van der Waals surface area contributed by atoms with Crippen molar-refractivity contribution in [3.8, 4) is 0 Å². The summed E-state index contributed by atoms with van der Waals surface area (Å²) >= 11 is 6.05. The Bertz CT molecular complexity index is 146. The van der Waals surface area contributed by atoms with Crippen LogP contribution in [0.15, 0.2) is 0 Å². The Hall–Kier alpha value is 0.210. The molecule has 1 N–H and O–H groups in total. The number of alkyl halides is 1. The summed E-state index contributed by atoms with van der Waals surface area (Å²) in [4.78, 5) is 0. The van der Waals surface area contributed by atoms with Gasteiger partial charge in [-0.25, -0.2) is 0 Å². The first kappa shape index (κ1) is 12.3. The third-order valence-electron chi connectivity index (χ3n) is 3.04. The number of hydrogen-bond donors (Lipinski definition) is 1. The van der Waals surface area contributed by atoms with Crippen LogP contribution in [-0.4, -0.2) is 31.7 Å². The zero-order chi connectivity index (χ0) is 10.4. The molecule has 0 spiro atoms. The van der Waals surface area contributed by atoms with Gasteiger partial charge in [-0.05, 0) is 45.1 Å². The summed E-state index contributed by atoms with van der Waals surface area (Å²) in [6, 6.07) is 0. The van der Waals surface area contributed by atoms with E-state index < -0.39 is 0 Å². The molecule has 1 aliphatic carbocycles. The summed E-state index contributed by atoms with van der Waals surface area (Å²) in [7, 11) is 1.76. The fourth-order valence-corrected chi connectivity index (χ4v) is 2.15. The Kier molecular flexibility index (Phi) is 5.83. The Morgan fingerprint density at radius 1 is 1.36 bits per heavy atom. The van der Waals surface area contributed by atoms with E-state index in [0.717, 1.165) is 19.0 Å². The third kappa shape index (κ3) is 4.63. The van der Waals surface area contributed by atoms with Gasteiger partial charge in [-0.1, -0.05) is 0 Å². The minimum absolute atomic E-state index is 0.319. The Morgan fingerprint density at radius 2 is 2.00 bits per heavy atom. The number of rotatable bonds is 5. The molecule has 1 aliphatic rings. The van der Waals surface area contributed by atoms with Gasteiger partial charge in [0.25, 0.3) is 0 Å². The fourth-order valence-electron chi connectivity index (χ4n) is 1.90. The second-order valence-corrected chi connectivity index (χ2v) is 4.94. The lowest BCUT2D eigenvalue weighted by molar-refractivity contribution is 0.115. The highest BCUT2D eigenvalue weighted by Crippen LogP contribution is 2.26. The van der Waals surface area contributed by atoms with E-state index in [9.17, 15) is 0 Å². The molecule has 2 nitrogen and oxygen atoms in total. The Morgan fingerprint density at radius 3 is 2.57 bits per heavy atom. The number of ether oxygens (including phenoxy) is 1. The highest BCUT2D eigenvalue weighted by Gasteiger charge is 2.18. The smallest absolute Gasteiger partial charge is 0.0667 e. The maximum Gasteiger partial charge on any atom is 0.0667 e. The molecule has 0 saturated heterocycles. The summed E-state index contributed by atoms with van der Waals surface area (Å²) in [6.45, 7) is 4.16. The maximum absolute atomic E-state index is 6.05. The molecule has 1 unspecified atom stereocenters. The van der Waals surface area contributed by atoms with E-state index in [-0.39, 0.29) is 0 Å². The first-order valence-electron chi connectivity index (χ1n) is 5.60. The van der Waals surface area contributed by atoms with Gasteiger partial charge in [-0.2, -0.15) is 0 Å². The summed E-state index contributed by atoms with van der Waals surface area (Å²) in [6.07, 6.45) is 5.26. The second kappa shape index (κ2) is 6.65. The normalized spacial score (nSPS) is 30.2. The van der Waals surface area contributed by atoms with Gasteiger partial charge in [0.15, 0.2) is 0 Å². The van der Waals surface area contributed by atoms with Crippen molar-refractivity contribution >= 4 is 11.6 Å². The second-order valence-electron chi connectivity index (χ2n) is 4.32. The number of halogens is 1. The van der Waals surface area contributed by atoms with Gasteiger partial charge in [-0.15, -0.1) is 11.6 Å². The van der Waals surface area contributed by atoms with Crippen molar-refractivity contribution in [1.29, 1.82) is 0 Å². The molecule has 0 aliphatic heterocycles.